The summed E-state index contributed by atoms with van der Waals surface area (Å²) in [6, 6.07) is 3.30. The van der Waals surface area contributed by atoms with Gasteiger partial charge >= 0.3 is 0 Å². The zero-order valence-electron chi connectivity index (χ0n) is 12.4. The van der Waals surface area contributed by atoms with Crippen molar-refractivity contribution in [1.29, 1.82) is 0 Å². The Morgan fingerprint density at radius 2 is 2.00 bits per heavy atom. The van der Waals surface area contributed by atoms with Gasteiger partial charge in [0.25, 0.3) is 11.8 Å². The highest BCUT2D eigenvalue weighted by atomic mass is 16.5. The average Bonchev–Trinajstić information content (AvgIpc) is 2.78. The lowest BCUT2D eigenvalue weighted by Gasteiger charge is -2.27. The van der Waals surface area contributed by atoms with Crippen LogP contribution in [0.5, 0.6) is 5.75 Å². The van der Waals surface area contributed by atoms with Gasteiger partial charge in [-0.3, -0.25) is 29.4 Å². The predicted molar refractivity (Wildman–Crippen MR) is 79.4 cm³/mol. The van der Waals surface area contributed by atoms with E-state index in [2.05, 4.69) is 5.32 Å². The van der Waals surface area contributed by atoms with Gasteiger partial charge in [0.05, 0.1) is 11.1 Å². The third-order valence-electron chi connectivity index (χ3n) is 3.80. The van der Waals surface area contributed by atoms with Gasteiger partial charge in [0.15, 0.2) is 7.85 Å². The zero-order valence-corrected chi connectivity index (χ0v) is 12.4. The van der Waals surface area contributed by atoms with Gasteiger partial charge in [-0.25, -0.2) is 0 Å². The first-order valence-electron chi connectivity index (χ1n) is 7.16. The lowest BCUT2D eigenvalue weighted by Crippen LogP contribution is -2.54. The topological polar surface area (TPSA) is 110 Å². The number of amides is 4. The molecule has 1 atom stereocenters. The molecule has 120 valence electrons. The summed E-state index contributed by atoms with van der Waals surface area (Å²) in [4.78, 5) is 60.0. The number of rotatable bonds is 4. The monoisotopic (exact) mass is 326 g/mol. The summed E-state index contributed by atoms with van der Waals surface area (Å²) in [5.74, 6) is -2.45. The summed E-state index contributed by atoms with van der Waals surface area (Å²) in [6.07, 6.45) is 0.0997. The fourth-order valence-electron chi connectivity index (χ4n) is 2.75. The van der Waals surface area contributed by atoms with Crippen LogP contribution in [-0.2, 0) is 14.4 Å². The SMILES string of the molecule is [B]C(=O)COc1cccc2c1C(=O)N(C1CCC(=O)NC1=O)C2=O. The Hall–Kier alpha value is -2.97. The van der Waals surface area contributed by atoms with Gasteiger partial charge in [0.2, 0.25) is 11.8 Å². The molecule has 3 rings (SSSR count). The van der Waals surface area contributed by atoms with Crippen molar-refractivity contribution in [2.45, 2.75) is 18.9 Å². The second kappa shape index (κ2) is 5.91. The molecular formula is C15H11BN2O6. The number of imide groups is 2. The van der Waals surface area contributed by atoms with Gasteiger partial charge in [-0.15, -0.1) is 0 Å². The maximum absolute atomic E-state index is 12.6. The summed E-state index contributed by atoms with van der Waals surface area (Å²) in [7, 11) is 5.01. The summed E-state index contributed by atoms with van der Waals surface area (Å²) >= 11 is 0. The Labute approximate surface area is 137 Å². The maximum atomic E-state index is 12.6. The Bertz CT molecular complexity index is 790. The molecule has 0 aliphatic carbocycles. The standard InChI is InChI=1S/C15H11BN2O6/c16-10(19)6-24-9-3-1-2-7-12(9)15(23)18(14(7)22)8-4-5-11(20)17-13(8)21/h1-3,8H,4-6H2,(H,17,20,21). The highest BCUT2D eigenvalue weighted by molar-refractivity contribution is 6.58. The molecule has 9 heteroatoms. The minimum atomic E-state index is -1.06. The van der Waals surface area contributed by atoms with Crippen LogP contribution in [-0.4, -0.2) is 54.7 Å². The highest BCUT2D eigenvalue weighted by Crippen LogP contribution is 2.33. The number of carbonyl (C=O) groups is 5. The molecule has 2 radical (unpaired) electrons. The summed E-state index contributed by atoms with van der Waals surface area (Å²) in [6.45, 7) is -0.448. The van der Waals surface area contributed by atoms with Gasteiger partial charge in [-0.05, 0) is 18.6 Å². The molecule has 1 N–H and O–H groups in total. The van der Waals surface area contributed by atoms with Crippen LogP contribution in [0.4, 0.5) is 0 Å². The minimum Gasteiger partial charge on any atom is -0.486 e. The number of fused-ring (bicyclic) bond motifs is 1. The van der Waals surface area contributed by atoms with E-state index in [9.17, 15) is 24.0 Å². The van der Waals surface area contributed by atoms with Crippen molar-refractivity contribution in [1.82, 2.24) is 10.2 Å². The molecule has 1 fully saturated rings. The van der Waals surface area contributed by atoms with Crippen molar-refractivity contribution in [3.05, 3.63) is 29.3 Å². The third kappa shape index (κ3) is 2.57. The van der Waals surface area contributed by atoms with Crippen molar-refractivity contribution in [3.8, 4) is 5.75 Å². The molecule has 1 unspecified atom stereocenters. The molecule has 1 aromatic rings. The molecule has 2 aliphatic heterocycles. The van der Waals surface area contributed by atoms with E-state index in [4.69, 9.17) is 12.6 Å². The van der Waals surface area contributed by atoms with Crippen LogP contribution in [0.2, 0.25) is 0 Å². The summed E-state index contributed by atoms with van der Waals surface area (Å²) in [5.41, 5.74) is -0.675. The van der Waals surface area contributed by atoms with Crippen molar-refractivity contribution >= 4 is 37.2 Å². The number of carbonyl (C=O) groups excluding carboxylic acids is 5. The second-order valence-corrected chi connectivity index (χ2v) is 5.38. The van der Waals surface area contributed by atoms with Crippen LogP contribution >= 0.6 is 0 Å². The number of nitrogens with one attached hydrogen (secondary N) is 1. The summed E-state index contributed by atoms with van der Waals surface area (Å²) in [5, 5.41) is 2.11. The Kier molecular flexibility index (Phi) is 3.92. The molecule has 0 spiro atoms. The number of ether oxygens (including phenoxy) is 1. The van der Waals surface area contributed by atoms with E-state index in [1.54, 1.807) is 0 Å². The van der Waals surface area contributed by atoms with E-state index in [0.717, 1.165) is 4.90 Å². The van der Waals surface area contributed by atoms with E-state index < -0.39 is 42.0 Å². The number of benzene rings is 1. The average molecular weight is 326 g/mol. The van der Waals surface area contributed by atoms with Crippen molar-refractivity contribution in [2.75, 3.05) is 6.61 Å². The Balaban J connectivity index is 1.94. The second-order valence-electron chi connectivity index (χ2n) is 5.38. The van der Waals surface area contributed by atoms with E-state index >= 15 is 0 Å². The quantitative estimate of drug-likeness (QED) is 0.571. The van der Waals surface area contributed by atoms with Gasteiger partial charge in [0, 0.05) is 6.42 Å². The fraction of sp³-hybridized carbons (Fsp3) is 0.267. The molecule has 2 aliphatic rings. The van der Waals surface area contributed by atoms with Gasteiger partial charge in [-0.1, -0.05) is 6.07 Å². The molecule has 2 heterocycles. The smallest absolute Gasteiger partial charge is 0.266 e. The highest BCUT2D eigenvalue weighted by Gasteiger charge is 2.45. The number of hydrogen-bond donors (Lipinski definition) is 1. The van der Waals surface area contributed by atoms with Crippen molar-refractivity contribution in [3.63, 3.8) is 0 Å². The van der Waals surface area contributed by atoms with Gasteiger partial charge < -0.3 is 9.53 Å². The summed E-state index contributed by atoms with van der Waals surface area (Å²) < 4.78 is 5.18. The van der Waals surface area contributed by atoms with Crippen LogP contribution in [0.25, 0.3) is 0 Å². The zero-order chi connectivity index (χ0) is 17.4. The molecular weight excluding hydrogens is 315 g/mol. The third-order valence-corrected chi connectivity index (χ3v) is 3.80. The van der Waals surface area contributed by atoms with Crippen LogP contribution < -0.4 is 10.1 Å². The molecule has 0 aromatic heterocycles. The van der Waals surface area contributed by atoms with Gasteiger partial charge in [0.1, 0.15) is 24.1 Å². The normalized spacial score (nSPS) is 20.0. The van der Waals surface area contributed by atoms with Crippen LogP contribution in [0.15, 0.2) is 18.2 Å². The number of nitrogens with zero attached hydrogens (tertiary/aromatic N) is 1. The first-order chi connectivity index (χ1) is 11.4. The molecule has 0 saturated carbocycles. The molecule has 4 amide bonds. The first-order valence-corrected chi connectivity index (χ1v) is 7.16. The van der Waals surface area contributed by atoms with Crippen LogP contribution in [0.1, 0.15) is 33.6 Å². The molecule has 8 nitrogen and oxygen atoms in total. The lowest BCUT2D eigenvalue weighted by molar-refractivity contribution is -0.136. The Morgan fingerprint density at radius 3 is 2.67 bits per heavy atom. The lowest BCUT2D eigenvalue weighted by atomic mass is 10.0. The number of piperidine rings is 1. The van der Waals surface area contributed by atoms with Crippen LogP contribution in [0, 0.1) is 0 Å². The predicted octanol–water partition coefficient (Wildman–Crippen LogP) is -0.838. The van der Waals surface area contributed by atoms with Crippen LogP contribution in [0.3, 0.4) is 0 Å². The van der Waals surface area contributed by atoms with E-state index in [0.29, 0.717) is 0 Å². The molecule has 24 heavy (non-hydrogen) atoms. The Morgan fingerprint density at radius 1 is 1.25 bits per heavy atom. The molecule has 1 aromatic carbocycles. The fourth-order valence-corrected chi connectivity index (χ4v) is 2.75. The number of hydrogen-bond acceptors (Lipinski definition) is 6. The van der Waals surface area contributed by atoms with Crippen molar-refractivity contribution in [2.24, 2.45) is 0 Å². The van der Waals surface area contributed by atoms with E-state index in [-0.39, 0.29) is 29.7 Å². The minimum absolute atomic E-state index is 0.0200. The molecule has 1 saturated heterocycles. The van der Waals surface area contributed by atoms with Crippen molar-refractivity contribution < 1.29 is 28.7 Å². The first kappa shape index (κ1) is 15.9. The maximum Gasteiger partial charge on any atom is 0.266 e. The van der Waals surface area contributed by atoms with Gasteiger partial charge in [-0.2, -0.15) is 0 Å². The van der Waals surface area contributed by atoms with E-state index in [1.165, 1.54) is 18.2 Å². The molecule has 0 bridgehead atoms. The largest absolute Gasteiger partial charge is 0.486 e. The van der Waals surface area contributed by atoms with E-state index in [1.807, 2.05) is 0 Å².